The molecule has 154 valence electrons. The van der Waals surface area contributed by atoms with Gasteiger partial charge in [-0.15, -0.1) is 0 Å². The van der Waals surface area contributed by atoms with E-state index in [1.165, 1.54) is 29.5 Å². The first-order valence-corrected chi connectivity index (χ1v) is 10.1. The summed E-state index contributed by atoms with van der Waals surface area (Å²) in [5.74, 6) is 0.413. The lowest BCUT2D eigenvalue weighted by Gasteiger charge is -2.02. The van der Waals surface area contributed by atoms with Gasteiger partial charge in [0.2, 0.25) is 5.91 Å². The average molecular weight is 431 g/mol. The van der Waals surface area contributed by atoms with E-state index in [0.29, 0.717) is 10.7 Å². The van der Waals surface area contributed by atoms with Crippen LogP contribution in [-0.4, -0.2) is 25.4 Å². The van der Waals surface area contributed by atoms with Gasteiger partial charge in [-0.05, 0) is 23.8 Å². The Morgan fingerprint density at radius 1 is 1.16 bits per heavy atom. The minimum atomic E-state index is -0.466. The second kappa shape index (κ2) is 8.72. The monoisotopic (exact) mass is 431 g/mol. The van der Waals surface area contributed by atoms with Crippen molar-refractivity contribution in [2.45, 2.75) is 0 Å². The summed E-state index contributed by atoms with van der Waals surface area (Å²) in [6.45, 7) is 0. The van der Waals surface area contributed by atoms with E-state index >= 15 is 0 Å². The molecule has 1 amide bonds. The van der Waals surface area contributed by atoms with Crippen LogP contribution in [0.15, 0.2) is 73.1 Å². The van der Waals surface area contributed by atoms with E-state index in [1.807, 2.05) is 48.1 Å². The van der Waals surface area contributed by atoms with Crippen LogP contribution in [0, 0.1) is 10.1 Å². The Hall–Kier alpha value is -4.11. The number of imidazole rings is 1. The Bertz CT molecular complexity index is 1260. The summed E-state index contributed by atoms with van der Waals surface area (Å²) in [4.78, 5) is 32.6. The van der Waals surface area contributed by atoms with Crippen molar-refractivity contribution in [3.05, 3.63) is 88.7 Å². The third-order valence-electron chi connectivity index (χ3n) is 4.46. The normalized spacial score (nSPS) is 11.0. The van der Waals surface area contributed by atoms with Gasteiger partial charge in [0.1, 0.15) is 0 Å². The zero-order valence-electron chi connectivity index (χ0n) is 16.4. The summed E-state index contributed by atoms with van der Waals surface area (Å²) in [5, 5.41) is 14.0. The van der Waals surface area contributed by atoms with E-state index in [-0.39, 0.29) is 11.6 Å². The van der Waals surface area contributed by atoms with Crippen LogP contribution in [0.5, 0.6) is 0 Å². The molecule has 0 bridgehead atoms. The summed E-state index contributed by atoms with van der Waals surface area (Å²) < 4.78 is 1.90. The number of nitrogens with one attached hydrogen (secondary N) is 1. The number of nitro groups is 1. The van der Waals surface area contributed by atoms with Crippen molar-refractivity contribution in [2.75, 3.05) is 5.32 Å². The fraction of sp³-hybridized carbons (Fsp3) is 0.0455. The van der Waals surface area contributed by atoms with E-state index in [9.17, 15) is 14.9 Å². The SMILES string of the molecule is Cn1ccnc1-c1sc(NC(=O)/C=C/c2ccc([N+](=O)[O-])cc2)nc1-c1ccccc1. The highest BCUT2D eigenvalue weighted by atomic mass is 32.1. The largest absolute Gasteiger partial charge is 0.333 e. The molecule has 0 atom stereocenters. The Morgan fingerprint density at radius 3 is 2.55 bits per heavy atom. The number of rotatable bonds is 6. The predicted molar refractivity (Wildman–Crippen MR) is 121 cm³/mol. The molecule has 0 unspecified atom stereocenters. The molecule has 4 rings (SSSR count). The maximum Gasteiger partial charge on any atom is 0.269 e. The Morgan fingerprint density at radius 2 is 1.90 bits per heavy atom. The lowest BCUT2D eigenvalue weighted by molar-refractivity contribution is -0.384. The number of amides is 1. The lowest BCUT2D eigenvalue weighted by Crippen LogP contribution is -2.07. The summed E-state index contributed by atoms with van der Waals surface area (Å²) in [5.41, 5.74) is 2.35. The van der Waals surface area contributed by atoms with Gasteiger partial charge in [-0.25, -0.2) is 9.97 Å². The topological polar surface area (TPSA) is 103 Å². The van der Waals surface area contributed by atoms with Crippen LogP contribution in [0.1, 0.15) is 5.56 Å². The molecular formula is C22H17N5O3S. The highest BCUT2D eigenvalue weighted by molar-refractivity contribution is 7.19. The predicted octanol–water partition coefficient (Wildman–Crippen LogP) is 4.77. The van der Waals surface area contributed by atoms with Crippen molar-refractivity contribution in [1.82, 2.24) is 14.5 Å². The van der Waals surface area contributed by atoms with Crippen LogP contribution in [0.25, 0.3) is 28.0 Å². The van der Waals surface area contributed by atoms with Gasteiger partial charge >= 0.3 is 0 Å². The Labute approximate surface area is 181 Å². The molecule has 0 saturated carbocycles. The smallest absolute Gasteiger partial charge is 0.269 e. The molecule has 0 fully saturated rings. The minimum Gasteiger partial charge on any atom is -0.333 e. The average Bonchev–Trinajstić information content (AvgIpc) is 3.39. The number of nitrogens with zero attached hydrogens (tertiary/aromatic N) is 4. The van der Waals surface area contributed by atoms with Gasteiger partial charge in [-0.2, -0.15) is 0 Å². The molecule has 8 nitrogen and oxygen atoms in total. The van der Waals surface area contributed by atoms with Gasteiger partial charge < -0.3 is 4.57 Å². The van der Waals surface area contributed by atoms with Gasteiger partial charge in [-0.3, -0.25) is 20.2 Å². The number of nitro benzene ring substituents is 1. The first-order valence-electron chi connectivity index (χ1n) is 9.29. The molecule has 0 aliphatic carbocycles. The van der Waals surface area contributed by atoms with Gasteiger partial charge in [0.15, 0.2) is 11.0 Å². The fourth-order valence-electron chi connectivity index (χ4n) is 2.93. The third-order valence-corrected chi connectivity index (χ3v) is 5.43. The van der Waals surface area contributed by atoms with Gasteiger partial charge in [0, 0.05) is 43.2 Å². The Balaban J connectivity index is 1.57. The van der Waals surface area contributed by atoms with Crippen molar-refractivity contribution >= 4 is 34.1 Å². The van der Waals surface area contributed by atoms with Gasteiger partial charge in [-0.1, -0.05) is 41.7 Å². The molecule has 0 spiro atoms. The molecule has 2 heterocycles. The summed E-state index contributed by atoms with van der Waals surface area (Å²) in [7, 11) is 1.90. The maximum atomic E-state index is 12.4. The second-order valence-corrected chi connectivity index (χ2v) is 7.59. The van der Waals surface area contributed by atoms with E-state index in [1.54, 1.807) is 24.4 Å². The van der Waals surface area contributed by atoms with Crippen LogP contribution in [-0.2, 0) is 11.8 Å². The molecule has 0 aliphatic heterocycles. The summed E-state index contributed by atoms with van der Waals surface area (Å²) in [6, 6.07) is 15.7. The van der Waals surface area contributed by atoms with Crippen molar-refractivity contribution < 1.29 is 9.72 Å². The number of thiazole rings is 1. The molecule has 31 heavy (non-hydrogen) atoms. The molecule has 9 heteroatoms. The number of non-ortho nitro benzene ring substituents is 1. The molecule has 0 radical (unpaired) electrons. The van der Waals surface area contributed by atoms with E-state index in [4.69, 9.17) is 0 Å². The summed E-state index contributed by atoms with van der Waals surface area (Å²) in [6.07, 6.45) is 6.53. The van der Waals surface area contributed by atoms with Crippen LogP contribution in [0.2, 0.25) is 0 Å². The number of aromatic nitrogens is 3. The van der Waals surface area contributed by atoms with E-state index in [2.05, 4.69) is 15.3 Å². The third kappa shape index (κ3) is 4.57. The molecular weight excluding hydrogens is 414 g/mol. The van der Waals surface area contributed by atoms with Crippen molar-refractivity contribution in [2.24, 2.45) is 7.05 Å². The van der Waals surface area contributed by atoms with Crippen LogP contribution >= 0.6 is 11.3 Å². The number of hydrogen-bond acceptors (Lipinski definition) is 6. The summed E-state index contributed by atoms with van der Waals surface area (Å²) >= 11 is 1.35. The molecule has 1 N–H and O–H groups in total. The highest BCUT2D eigenvalue weighted by Gasteiger charge is 2.18. The molecule has 2 aromatic heterocycles. The fourth-order valence-corrected chi connectivity index (χ4v) is 3.96. The number of carbonyl (C=O) groups excluding carboxylic acids is 1. The maximum absolute atomic E-state index is 12.4. The molecule has 0 saturated heterocycles. The standard InChI is InChI=1S/C22H17N5O3S/c1-26-14-13-23-21(26)20-19(16-5-3-2-4-6-16)25-22(31-20)24-18(28)12-9-15-7-10-17(11-8-15)27(29)30/h2-14H,1H3,(H,24,25,28)/b12-9+. The van der Waals surface area contributed by atoms with Crippen molar-refractivity contribution in [3.63, 3.8) is 0 Å². The first kappa shape index (κ1) is 20.2. The minimum absolute atomic E-state index is 0.000331. The molecule has 2 aromatic carbocycles. The second-order valence-electron chi connectivity index (χ2n) is 6.60. The molecule has 0 aliphatic rings. The van der Waals surface area contributed by atoms with E-state index in [0.717, 1.165) is 22.0 Å². The first-order chi connectivity index (χ1) is 15.0. The number of carbonyl (C=O) groups is 1. The zero-order valence-corrected chi connectivity index (χ0v) is 17.2. The number of hydrogen-bond donors (Lipinski definition) is 1. The van der Waals surface area contributed by atoms with Crippen molar-refractivity contribution in [3.8, 4) is 22.0 Å². The lowest BCUT2D eigenvalue weighted by atomic mass is 10.1. The van der Waals surface area contributed by atoms with Crippen LogP contribution < -0.4 is 5.32 Å². The molecule has 4 aromatic rings. The number of anilines is 1. The Kier molecular flexibility index (Phi) is 5.67. The van der Waals surface area contributed by atoms with Gasteiger partial charge in [0.05, 0.1) is 15.5 Å². The van der Waals surface area contributed by atoms with Crippen LogP contribution in [0.3, 0.4) is 0 Å². The van der Waals surface area contributed by atoms with Gasteiger partial charge in [0.25, 0.3) is 5.69 Å². The van der Waals surface area contributed by atoms with Crippen LogP contribution in [0.4, 0.5) is 10.8 Å². The zero-order chi connectivity index (χ0) is 21.8. The van der Waals surface area contributed by atoms with E-state index < -0.39 is 4.92 Å². The number of benzene rings is 2. The number of aryl methyl sites for hydroxylation is 1. The highest BCUT2D eigenvalue weighted by Crippen LogP contribution is 2.38. The quantitative estimate of drug-likeness (QED) is 0.269. The van der Waals surface area contributed by atoms with Crippen molar-refractivity contribution in [1.29, 1.82) is 0 Å².